The van der Waals surface area contributed by atoms with Gasteiger partial charge < -0.3 is 10.2 Å². The predicted molar refractivity (Wildman–Crippen MR) is 163 cm³/mol. The van der Waals surface area contributed by atoms with Crippen molar-refractivity contribution in [3.05, 3.63) is 95.1 Å². The Bertz CT molecular complexity index is 1450. The van der Waals surface area contributed by atoms with E-state index in [4.69, 9.17) is 0 Å². The van der Waals surface area contributed by atoms with Gasteiger partial charge in [-0.05, 0) is 86.6 Å². The molecule has 3 aromatic carbocycles. The molecular weight excluding hydrogens is 534 g/mol. The number of carbonyl (C=O) groups is 2. The molecule has 1 N–H and O–H groups in total. The van der Waals surface area contributed by atoms with Gasteiger partial charge in [0.1, 0.15) is 12.6 Å². The van der Waals surface area contributed by atoms with Gasteiger partial charge in [0, 0.05) is 12.6 Å². The number of rotatable bonds is 11. The monoisotopic (exact) mass is 575 g/mol. The van der Waals surface area contributed by atoms with E-state index in [1.54, 1.807) is 35.2 Å². The summed E-state index contributed by atoms with van der Waals surface area (Å²) in [6, 6.07) is 20.8. The van der Waals surface area contributed by atoms with E-state index < -0.39 is 28.5 Å². The summed E-state index contributed by atoms with van der Waals surface area (Å²) in [7, 11) is -4.08. The number of benzene rings is 3. The Balaban J connectivity index is 1.74. The maximum Gasteiger partial charge on any atom is 0.264 e. The van der Waals surface area contributed by atoms with Gasteiger partial charge in [-0.3, -0.25) is 13.9 Å². The summed E-state index contributed by atoms with van der Waals surface area (Å²) in [5.74, 6) is -0.620. The van der Waals surface area contributed by atoms with Crippen LogP contribution >= 0.6 is 0 Å². The van der Waals surface area contributed by atoms with Crippen LogP contribution in [-0.2, 0) is 26.2 Å². The second-order valence-corrected chi connectivity index (χ2v) is 12.9. The molecule has 0 radical (unpaired) electrons. The molecule has 41 heavy (non-hydrogen) atoms. The summed E-state index contributed by atoms with van der Waals surface area (Å²) in [5.41, 5.74) is 4.11. The maximum absolute atomic E-state index is 14.3. The Morgan fingerprint density at radius 3 is 2.12 bits per heavy atom. The zero-order valence-corrected chi connectivity index (χ0v) is 25.3. The number of sulfonamides is 1. The zero-order chi connectivity index (χ0) is 29.6. The van der Waals surface area contributed by atoms with Crippen molar-refractivity contribution in [2.75, 3.05) is 10.8 Å². The van der Waals surface area contributed by atoms with Gasteiger partial charge in [0.15, 0.2) is 0 Å². The molecule has 1 saturated carbocycles. The Labute approximate surface area is 244 Å². The summed E-state index contributed by atoms with van der Waals surface area (Å²) in [5, 5.41) is 3.16. The van der Waals surface area contributed by atoms with E-state index in [9.17, 15) is 18.0 Å². The highest BCUT2D eigenvalue weighted by Crippen LogP contribution is 2.27. The lowest BCUT2D eigenvalue weighted by atomic mass is 10.1. The van der Waals surface area contributed by atoms with Gasteiger partial charge in [0.25, 0.3) is 10.0 Å². The number of aryl methyl sites for hydroxylation is 3. The lowest BCUT2D eigenvalue weighted by molar-refractivity contribution is -0.140. The van der Waals surface area contributed by atoms with Gasteiger partial charge in [0.2, 0.25) is 11.8 Å². The molecule has 0 aliphatic heterocycles. The van der Waals surface area contributed by atoms with Crippen LogP contribution in [-0.4, -0.2) is 43.8 Å². The van der Waals surface area contributed by atoms with Crippen LogP contribution in [0.3, 0.4) is 0 Å². The number of carbonyl (C=O) groups excluding carboxylic acids is 2. The Hall–Kier alpha value is -3.65. The van der Waals surface area contributed by atoms with E-state index in [0.717, 1.165) is 47.9 Å². The van der Waals surface area contributed by atoms with Crippen LogP contribution < -0.4 is 9.62 Å². The van der Waals surface area contributed by atoms with Crippen LogP contribution in [0.4, 0.5) is 5.69 Å². The summed E-state index contributed by atoms with van der Waals surface area (Å²) in [6.07, 6.45) is 4.43. The normalized spacial score (nSPS) is 14.4. The zero-order valence-electron chi connectivity index (χ0n) is 24.5. The van der Waals surface area contributed by atoms with Crippen molar-refractivity contribution in [1.82, 2.24) is 10.2 Å². The van der Waals surface area contributed by atoms with Gasteiger partial charge >= 0.3 is 0 Å². The van der Waals surface area contributed by atoms with Crippen LogP contribution in [0, 0.1) is 20.8 Å². The van der Waals surface area contributed by atoms with Crippen molar-refractivity contribution in [3.8, 4) is 0 Å². The second-order valence-electron chi connectivity index (χ2n) is 11.0. The molecule has 1 aliphatic carbocycles. The minimum atomic E-state index is -4.08. The lowest BCUT2D eigenvalue weighted by Gasteiger charge is -2.34. The molecule has 0 heterocycles. The topological polar surface area (TPSA) is 86.8 Å². The first-order chi connectivity index (χ1) is 19.6. The van der Waals surface area contributed by atoms with E-state index in [1.807, 2.05) is 58.0 Å². The van der Waals surface area contributed by atoms with E-state index in [2.05, 4.69) is 5.32 Å². The standard InChI is InChI=1S/C33H41N3O4S/c1-5-31(33(38)34-28-15-11-12-16-28)35(22-27-14-10-9-13-26(27)4)32(37)23-36(29-20-24(2)19-25(3)21-29)41(39,40)30-17-7-6-8-18-30/h6-10,13-14,17-21,28,31H,5,11-12,15-16,22-23H2,1-4H3,(H,34,38)/t31-/m1/s1. The van der Waals surface area contributed by atoms with Crippen LogP contribution in [0.2, 0.25) is 0 Å². The van der Waals surface area contributed by atoms with Gasteiger partial charge in [-0.15, -0.1) is 0 Å². The molecule has 3 aromatic rings. The predicted octanol–water partition coefficient (Wildman–Crippen LogP) is 5.67. The van der Waals surface area contributed by atoms with Crippen molar-refractivity contribution >= 4 is 27.5 Å². The molecule has 4 rings (SSSR count). The number of amides is 2. The first kappa shape index (κ1) is 30.3. The molecule has 8 heteroatoms. The quantitative estimate of drug-likeness (QED) is 0.319. The van der Waals surface area contributed by atoms with Crippen molar-refractivity contribution in [1.29, 1.82) is 0 Å². The van der Waals surface area contributed by atoms with Crippen molar-refractivity contribution in [3.63, 3.8) is 0 Å². The molecule has 0 unspecified atom stereocenters. The van der Waals surface area contributed by atoms with Crippen LogP contribution in [0.25, 0.3) is 0 Å². The first-order valence-corrected chi connectivity index (χ1v) is 15.8. The lowest BCUT2D eigenvalue weighted by Crippen LogP contribution is -2.53. The fourth-order valence-electron chi connectivity index (χ4n) is 5.60. The fourth-order valence-corrected chi connectivity index (χ4v) is 7.02. The maximum atomic E-state index is 14.3. The molecule has 1 atom stereocenters. The molecule has 0 saturated heterocycles. The number of nitrogens with one attached hydrogen (secondary N) is 1. The van der Waals surface area contributed by atoms with Gasteiger partial charge in [-0.25, -0.2) is 8.42 Å². The highest BCUT2D eigenvalue weighted by molar-refractivity contribution is 7.92. The minimum Gasteiger partial charge on any atom is -0.352 e. The van der Waals surface area contributed by atoms with E-state index >= 15 is 0 Å². The minimum absolute atomic E-state index is 0.100. The molecular formula is C33H41N3O4S. The van der Waals surface area contributed by atoms with E-state index in [1.165, 1.54) is 16.4 Å². The van der Waals surface area contributed by atoms with E-state index in [-0.39, 0.29) is 23.4 Å². The average Bonchev–Trinajstić information content (AvgIpc) is 3.45. The smallest absolute Gasteiger partial charge is 0.264 e. The van der Waals surface area contributed by atoms with Crippen LogP contribution in [0.15, 0.2) is 77.7 Å². The van der Waals surface area contributed by atoms with E-state index in [0.29, 0.717) is 12.1 Å². The third kappa shape index (κ3) is 7.36. The largest absolute Gasteiger partial charge is 0.352 e. The first-order valence-electron chi connectivity index (χ1n) is 14.4. The second kappa shape index (κ2) is 13.3. The third-order valence-electron chi connectivity index (χ3n) is 7.79. The Morgan fingerprint density at radius 1 is 0.902 bits per heavy atom. The number of anilines is 1. The van der Waals surface area contributed by atoms with Crippen molar-refractivity contribution < 1.29 is 18.0 Å². The van der Waals surface area contributed by atoms with Crippen LogP contribution in [0.1, 0.15) is 61.3 Å². The summed E-state index contributed by atoms with van der Waals surface area (Å²) in [4.78, 5) is 29.5. The molecule has 0 bridgehead atoms. The molecule has 0 spiro atoms. The highest BCUT2D eigenvalue weighted by Gasteiger charge is 2.34. The number of hydrogen-bond acceptors (Lipinski definition) is 4. The number of nitrogens with zero attached hydrogens (tertiary/aromatic N) is 2. The van der Waals surface area contributed by atoms with Crippen molar-refractivity contribution in [2.24, 2.45) is 0 Å². The number of hydrogen-bond donors (Lipinski definition) is 1. The SMILES string of the molecule is CC[C@H](C(=O)NC1CCCC1)N(Cc1ccccc1C)C(=O)CN(c1cc(C)cc(C)c1)S(=O)(=O)c1ccccc1. The summed E-state index contributed by atoms with van der Waals surface area (Å²) >= 11 is 0. The molecule has 218 valence electrons. The van der Waals surface area contributed by atoms with Gasteiger partial charge in [0.05, 0.1) is 10.6 Å². The molecule has 7 nitrogen and oxygen atoms in total. The summed E-state index contributed by atoms with van der Waals surface area (Å²) < 4.78 is 29.2. The Kier molecular flexibility index (Phi) is 9.86. The molecule has 1 aliphatic rings. The summed E-state index contributed by atoms with van der Waals surface area (Å²) in [6.45, 7) is 7.43. The Morgan fingerprint density at radius 2 is 1.51 bits per heavy atom. The van der Waals surface area contributed by atoms with Crippen LogP contribution in [0.5, 0.6) is 0 Å². The van der Waals surface area contributed by atoms with Gasteiger partial charge in [-0.1, -0.05) is 68.3 Å². The fraction of sp³-hybridized carbons (Fsp3) is 0.394. The molecule has 0 aromatic heterocycles. The van der Waals surface area contributed by atoms with Crippen molar-refractivity contribution in [2.45, 2.75) is 83.3 Å². The van der Waals surface area contributed by atoms with Gasteiger partial charge in [-0.2, -0.15) is 0 Å². The third-order valence-corrected chi connectivity index (χ3v) is 9.58. The highest BCUT2D eigenvalue weighted by atomic mass is 32.2. The molecule has 2 amide bonds. The molecule has 1 fully saturated rings. The average molecular weight is 576 g/mol.